The van der Waals surface area contributed by atoms with Crippen LogP contribution in [0.4, 0.5) is 0 Å². The molecule has 0 spiro atoms. The van der Waals surface area contributed by atoms with Gasteiger partial charge in [0.1, 0.15) is 11.7 Å². The fourth-order valence-corrected chi connectivity index (χ4v) is 9.93. The summed E-state index contributed by atoms with van der Waals surface area (Å²) in [5, 5.41) is 2.28. The Morgan fingerprint density at radius 3 is 1.92 bits per heavy atom. The summed E-state index contributed by atoms with van der Waals surface area (Å²) in [5.74, 6) is 1.29. The molecule has 0 N–H and O–H groups in total. The van der Waals surface area contributed by atoms with Gasteiger partial charge < -0.3 is 8.84 Å². The van der Waals surface area contributed by atoms with Gasteiger partial charge in [0.15, 0.2) is 11.5 Å². The Morgan fingerprint density at radius 1 is 0.760 bits per heavy atom. The summed E-state index contributed by atoms with van der Waals surface area (Å²) in [4.78, 5) is 21.5. The number of benzene rings is 5. The summed E-state index contributed by atoms with van der Waals surface area (Å²) in [5.41, 5.74) is 5.29. The summed E-state index contributed by atoms with van der Waals surface area (Å²) in [7, 11) is -1.83. The van der Waals surface area contributed by atoms with E-state index in [-0.39, 0.29) is 17.4 Å². The van der Waals surface area contributed by atoms with E-state index >= 15 is 0 Å². The molecule has 6 heteroatoms. The lowest BCUT2D eigenvalue weighted by molar-refractivity contribution is -0.193. The second-order valence-electron chi connectivity index (χ2n) is 14.3. The third kappa shape index (κ3) is 5.72. The Balaban J connectivity index is 1.32. The van der Waals surface area contributed by atoms with Gasteiger partial charge in [-0.3, -0.25) is 9.69 Å². The number of aromatic nitrogens is 1. The quantitative estimate of drug-likeness (QED) is 0.120. The van der Waals surface area contributed by atoms with Crippen LogP contribution in [-0.4, -0.2) is 24.8 Å². The molecule has 50 heavy (non-hydrogen) atoms. The molecule has 5 nitrogen and oxygen atoms in total. The van der Waals surface area contributed by atoms with Crippen molar-refractivity contribution in [3.05, 3.63) is 162 Å². The molecule has 2 atom stereocenters. The predicted molar refractivity (Wildman–Crippen MR) is 200 cm³/mol. The van der Waals surface area contributed by atoms with Gasteiger partial charge in [-0.1, -0.05) is 160 Å². The van der Waals surface area contributed by atoms with Gasteiger partial charge in [0, 0.05) is 16.7 Å². The minimum Gasteiger partial charge on any atom is -0.438 e. The maximum atomic E-state index is 14.3. The first-order chi connectivity index (χ1) is 24.3. The zero-order valence-electron chi connectivity index (χ0n) is 28.8. The first kappa shape index (κ1) is 32.2. The van der Waals surface area contributed by atoms with Crippen LogP contribution in [0.5, 0.6) is 0 Å². The molecule has 1 amide bonds. The molecule has 1 saturated heterocycles. The molecule has 5 aromatic carbocycles. The van der Waals surface area contributed by atoms with Crippen molar-refractivity contribution in [3.63, 3.8) is 0 Å². The molecule has 2 unspecified atom stereocenters. The van der Waals surface area contributed by atoms with E-state index in [2.05, 4.69) is 99.6 Å². The van der Waals surface area contributed by atoms with Gasteiger partial charge >= 0.3 is 0 Å². The summed E-state index contributed by atoms with van der Waals surface area (Å²) in [6, 6.07) is 47.5. The van der Waals surface area contributed by atoms with Gasteiger partial charge in [-0.25, -0.2) is 4.98 Å². The van der Waals surface area contributed by atoms with Crippen molar-refractivity contribution in [1.82, 2.24) is 9.88 Å². The van der Waals surface area contributed by atoms with E-state index < -0.39 is 14.8 Å². The number of oxazole rings is 1. The largest absolute Gasteiger partial charge is 0.438 e. The Kier molecular flexibility index (Phi) is 8.37. The topological polar surface area (TPSA) is 55.6 Å². The van der Waals surface area contributed by atoms with Gasteiger partial charge in [-0.2, -0.15) is 0 Å². The fraction of sp³-hybridized carbons (Fsp3) is 0.227. The maximum absolute atomic E-state index is 14.3. The third-order valence-corrected chi connectivity index (χ3v) is 12.3. The van der Waals surface area contributed by atoms with Crippen LogP contribution < -0.4 is 10.4 Å². The van der Waals surface area contributed by atoms with E-state index in [1.54, 1.807) is 0 Å². The molecule has 249 valence electrons. The van der Waals surface area contributed by atoms with Crippen LogP contribution in [0, 0.1) is 0 Å². The number of β-lactam (4-membered cyclic amide) rings is 1. The fourth-order valence-electron chi connectivity index (χ4n) is 7.73. The Hall–Kier alpha value is -5.04. The van der Waals surface area contributed by atoms with Crippen molar-refractivity contribution in [3.8, 4) is 22.6 Å². The molecule has 2 heterocycles. The summed E-state index contributed by atoms with van der Waals surface area (Å²) in [6.45, 7) is 6.80. The smallest absolute Gasteiger partial charge is 0.286 e. The highest BCUT2D eigenvalue weighted by molar-refractivity contribution is 6.80. The summed E-state index contributed by atoms with van der Waals surface area (Å²) < 4.78 is 14.5. The van der Waals surface area contributed by atoms with Crippen molar-refractivity contribution in [2.75, 3.05) is 0 Å². The average molecular weight is 674 g/mol. The normalized spacial score (nSPS) is 18.9. The highest BCUT2D eigenvalue weighted by atomic mass is 28.3. The molecule has 1 radical (unpaired) electrons. The van der Waals surface area contributed by atoms with Crippen molar-refractivity contribution >= 4 is 25.3 Å². The van der Waals surface area contributed by atoms with E-state index in [0.717, 1.165) is 45.6 Å². The first-order valence-electron chi connectivity index (χ1n) is 17.6. The van der Waals surface area contributed by atoms with Crippen molar-refractivity contribution in [2.45, 2.75) is 63.6 Å². The summed E-state index contributed by atoms with van der Waals surface area (Å²) >= 11 is 0. The molecule has 1 aromatic heterocycles. The lowest BCUT2D eigenvalue weighted by atomic mass is 9.74. The van der Waals surface area contributed by atoms with E-state index in [9.17, 15) is 4.79 Å². The number of carbonyl (C=O) groups is 1. The SMILES string of the molecule is CC(C)(C)c1cccc2c1CCCC2(O[Si](c1ccccc1)c1ccccc1)N1C(=O)CC1c1nc(-c2ccccc2)c(-c2ccccc2)o1. The van der Waals surface area contributed by atoms with Gasteiger partial charge in [0.05, 0.1) is 6.42 Å². The second kappa shape index (κ2) is 13.0. The number of nitrogens with zero attached hydrogens (tertiary/aromatic N) is 2. The summed E-state index contributed by atoms with van der Waals surface area (Å²) in [6.07, 6.45) is 2.82. The van der Waals surface area contributed by atoms with Crippen LogP contribution in [-0.2, 0) is 26.8 Å². The standard InChI is InChI=1S/C44H41N2O3Si/c1-43(2,3)36-27-16-28-37-35(36)26-17-29-44(37,49-50(33-22-12-6-13-23-33)34-24-14-7-15-25-34)46-38(30-39(46)47)42-45-40(31-18-8-4-9-19-31)41(48-42)32-20-10-5-11-21-32/h4-16,18-25,27-28,38H,17,26,29-30H2,1-3H3. The van der Waals surface area contributed by atoms with E-state index in [0.29, 0.717) is 24.5 Å². The van der Waals surface area contributed by atoms with E-state index in [1.807, 2.05) is 65.6 Å². The molecule has 0 saturated carbocycles. The molecule has 8 rings (SSSR count). The predicted octanol–water partition coefficient (Wildman–Crippen LogP) is 8.59. The van der Waals surface area contributed by atoms with Crippen LogP contribution >= 0.6 is 0 Å². The molecule has 6 aromatic rings. The monoisotopic (exact) mass is 673 g/mol. The Morgan fingerprint density at radius 2 is 1.34 bits per heavy atom. The molecular formula is C44H41N2O3Si. The van der Waals surface area contributed by atoms with Gasteiger partial charge in [0.2, 0.25) is 11.8 Å². The molecule has 1 aliphatic heterocycles. The number of amides is 1. The second-order valence-corrected chi connectivity index (χ2v) is 16.3. The number of carbonyl (C=O) groups excluding carboxylic acids is 1. The van der Waals surface area contributed by atoms with Gasteiger partial charge in [-0.15, -0.1) is 0 Å². The van der Waals surface area contributed by atoms with Crippen LogP contribution in [0.25, 0.3) is 22.6 Å². The third-order valence-electron chi connectivity index (χ3n) is 10.0. The van der Waals surface area contributed by atoms with Crippen LogP contribution in [0.2, 0.25) is 0 Å². The minimum atomic E-state index is -1.83. The Labute approximate surface area is 296 Å². The number of fused-ring (bicyclic) bond motifs is 1. The lowest BCUT2D eigenvalue weighted by Gasteiger charge is -2.55. The zero-order chi connectivity index (χ0) is 34.3. The molecule has 0 bridgehead atoms. The van der Waals surface area contributed by atoms with Gasteiger partial charge in [-0.05, 0) is 46.2 Å². The van der Waals surface area contributed by atoms with Crippen molar-refractivity contribution in [2.24, 2.45) is 0 Å². The molecule has 2 aliphatic rings. The number of hydrogen-bond donors (Lipinski definition) is 0. The zero-order valence-corrected chi connectivity index (χ0v) is 29.8. The maximum Gasteiger partial charge on any atom is 0.286 e. The Bertz CT molecular complexity index is 2010. The van der Waals surface area contributed by atoms with Crippen LogP contribution in [0.15, 0.2) is 144 Å². The van der Waals surface area contributed by atoms with Crippen molar-refractivity contribution in [1.29, 1.82) is 0 Å². The minimum absolute atomic E-state index is 0.0483. The van der Waals surface area contributed by atoms with E-state index in [4.69, 9.17) is 13.8 Å². The van der Waals surface area contributed by atoms with Crippen LogP contribution in [0.3, 0.4) is 0 Å². The van der Waals surface area contributed by atoms with Crippen molar-refractivity contribution < 1.29 is 13.6 Å². The number of likely N-dealkylation sites (tertiary alicyclic amines) is 1. The number of rotatable bonds is 8. The molecule has 1 fully saturated rings. The first-order valence-corrected chi connectivity index (χ1v) is 19.0. The lowest BCUT2D eigenvalue weighted by Crippen LogP contribution is -2.64. The van der Waals surface area contributed by atoms with Crippen LogP contribution in [0.1, 0.15) is 68.7 Å². The molecular weight excluding hydrogens is 633 g/mol. The molecule has 1 aliphatic carbocycles. The highest BCUT2D eigenvalue weighted by Crippen LogP contribution is 2.53. The number of hydrogen-bond acceptors (Lipinski definition) is 4. The highest BCUT2D eigenvalue weighted by Gasteiger charge is 2.57. The van der Waals surface area contributed by atoms with E-state index in [1.165, 1.54) is 11.1 Å². The van der Waals surface area contributed by atoms with Gasteiger partial charge in [0.25, 0.3) is 9.04 Å². The average Bonchev–Trinajstić information content (AvgIpc) is 3.59.